The molecule has 9 heteroatoms. The second kappa shape index (κ2) is 7.46. The minimum absolute atomic E-state index is 0.0295. The van der Waals surface area contributed by atoms with Crippen LogP contribution < -0.4 is 10.2 Å². The number of hydrogen-bond acceptors (Lipinski definition) is 5. The van der Waals surface area contributed by atoms with Gasteiger partial charge in [-0.1, -0.05) is 6.92 Å². The summed E-state index contributed by atoms with van der Waals surface area (Å²) in [6.07, 6.45) is 2.13. The van der Waals surface area contributed by atoms with E-state index in [1.54, 1.807) is 4.90 Å². The molecule has 0 bridgehead atoms. The van der Waals surface area contributed by atoms with Gasteiger partial charge in [-0.15, -0.1) is 11.3 Å². The number of thiazole rings is 1. The van der Waals surface area contributed by atoms with Crippen molar-refractivity contribution in [1.82, 2.24) is 20.1 Å². The Bertz CT molecular complexity index is 743. The molecule has 0 radical (unpaired) electrons. The van der Waals surface area contributed by atoms with Crippen LogP contribution in [0.15, 0.2) is 5.38 Å². The summed E-state index contributed by atoms with van der Waals surface area (Å²) in [5.74, 6) is 0.992. The summed E-state index contributed by atoms with van der Waals surface area (Å²) in [7, 11) is 0. The van der Waals surface area contributed by atoms with Crippen molar-refractivity contribution in [1.29, 1.82) is 0 Å². The normalized spacial score (nSPS) is 25.4. The lowest BCUT2D eigenvalue weighted by Gasteiger charge is -2.35. The van der Waals surface area contributed by atoms with E-state index in [0.717, 1.165) is 12.8 Å². The predicted octanol–water partition coefficient (Wildman–Crippen LogP) is 0.932. The maximum atomic E-state index is 12.6. The number of carbonyl (C=O) groups is 3. The fraction of sp³-hybridized carbons (Fsp3) is 0.667. The largest absolute Gasteiger partial charge is 0.339 e. The first-order valence-electron chi connectivity index (χ1n) is 9.59. The summed E-state index contributed by atoms with van der Waals surface area (Å²) >= 11 is 1.39. The third kappa shape index (κ3) is 3.92. The predicted molar refractivity (Wildman–Crippen MR) is 102 cm³/mol. The van der Waals surface area contributed by atoms with E-state index in [2.05, 4.69) is 17.2 Å². The highest BCUT2D eigenvalue weighted by Crippen LogP contribution is 2.39. The quantitative estimate of drug-likeness (QED) is 0.827. The Morgan fingerprint density at radius 1 is 1.22 bits per heavy atom. The number of piperazine rings is 1. The van der Waals surface area contributed by atoms with Crippen molar-refractivity contribution in [2.75, 3.05) is 44.2 Å². The molecule has 1 N–H and O–H groups in total. The van der Waals surface area contributed by atoms with E-state index in [0.29, 0.717) is 56.0 Å². The van der Waals surface area contributed by atoms with Gasteiger partial charge in [0.1, 0.15) is 0 Å². The second-order valence-electron chi connectivity index (χ2n) is 7.56. The Morgan fingerprint density at radius 3 is 2.59 bits per heavy atom. The molecule has 1 aliphatic carbocycles. The number of aromatic nitrogens is 1. The fourth-order valence-corrected chi connectivity index (χ4v) is 4.51. The lowest BCUT2D eigenvalue weighted by Crippen LogP contribution is -2.51. The average Bonchev–Trinajstić information content (AvgIpc) is 3.23. The van der Waals surface area contributed by atoms with E-state index in [1.807, 2.05) is 15.2 Å². The average molecular weight is 391 g/mol. The van der Waals surface area contributed by atoms with Crippen LogP contribution in [0.3, 0.4) is 0 Å². The maximum absolute atomic E-state index is 12.6. The van der Waals surface area contributed by atoms with Gasteiger partial charge in [0.05, 0.1) is 12.1 Å². The molecule has 1 saturated carbocycles. The first-order chi connectivity index (χ1) is 13.0. The molecule has 3 heterocycles. The number of carbonyl (C=O) groups excluding carboxylic acids is 3. The van der Waals surface area contributed by atoms with Crippen LogP contribution in [0, 0.1) is 11.8 Å². The van der Waals surface area contributed by atoms with Crippen LogP contribution in [0.5, 0.6) is 0 Å². The van der Waals surface area contributed by atoms with Gasteiger partial charge in [-0.3, -0.25) is 14.5 Å². The molecule has 4 amide bonds. The third-order valence-electron chi connectivity index (χ3n) is 5.55. The number of urea groups is 1. The number of amides is 4. The topological polar surface area (TPSA) is 85.9 Å². The molecule has 3 aliphatic rings. The summed E-state index contributed by atoms with van der Waals surface area (Å²) in [4.78, 5) is 46.6. The van der Waals surface area contributed by atoms with Crippen molar-refractivity contribution in [2.24, 2.45) is 11.8 Å². The standard InChI is InChI=1S/C18H25N5O3S/c1-12-9-14(12)16(25)22-7-5-21(6-8-22)15(24)10-13-11-27-18(20-13)23-4-2-3-19-17(23)26/h11-12,14H,2-10H2,1H3,(H,19,26)/t12-,14-/m0/s1. The van der Waals surface area contributed by atoms with Gasteiger partial charge in [0, 0.05) is 50.6 Å². The van der Waals surface area contributed by atoms with E-state index in [9.17, 15) is 14.4 Å². The summed E-state index contributed by atoms with van der Waals surface area (Å²) in [5, 5.41) is 5.30. The number of rotatable bonds is 4. The van der Waals surface area contributed by atoms with Gasteiger partial charge in [0.2, 0.25) is 11.8 Å². The van der Waals surface area contributed by atoms with Gasteiger partial charge >= 0.3 is 6.03 Å². The second-order valence-corrected chi connectivity index (χ2v) is 8.40. The summed E-state index contributed by atoms with van der Waals surface area (Å²) in [6, 6.07) is -0.126. The van der Waals surface area contributed by atoms with Crippen LogP contribution in [0.2, 0.25) is 0 Å². The molecule has 0 aromatic carbocycles. The van der Waals surface area contributed by atoms with Crippen molar-refractivity contribution in [3.8, 4) is 0 Å². The highest BCUT2D eigenvalue weighted by atomic mass is 32.1. The fourth-order valence-electron chi connectivity index (χ4n) is 3.66. The summed E-state index contributed by atoms with van der Waals surface area (Å²) in [6.45, 7) is 5.85. The highest BCUT2D eigenvalue weighted by molar-refractivity contribution is 7.14. The first-order valence-corrected chi connectivity index (χ1v) is 10.5. The Kier molecular flexibility index (Phi) is 5.03. The van der Waals surface area contributed by atoms with Crippen LogP contribution in [0.4, 0.5) is 9.93 Å². The van der Waals surface area contributed by atoms with E-state index >= 15 is 0 Å². The lowest BCUT2D eigenvalue weighted by atomic mass is 10.2. The molecular formula is C18H25N5O3S. The Hall–Kier alpha value is -2.16. The monoisotopic (exact) mass is 391 g/mol. The van der Waals surface area contributed by atoms with Crippen LogP contribution in [-0.2, 0) is 16.0 Å². The molecule has 27 heavy (non-hydrogen) atoms. The summed E-state index contributed by atoms with van der Waals surface area (Å²) in [5.41, 5.74) is 0.698. The van der Waals surface area contributed by atoms with Gasteiger partial charge in [0.15, 0.2) is 5.13 Å². The zero-order chi connectivity index (χ0) is 19.0. The zero-order valence-corrected chi connectivity index (χ0v) is 16.3. The van der Waals surface area contributed by atoms with Gasteiger partial charge in [-0.2, -0.15) is 0 Å². The van der Waals surface area contributed by atoms with Gasteiger partial charge in [-0.25, -0.2) is 9.78 Å². The molecule has 8 nitrogen and oxygen atoms in total. The van der Waals surface area contributed by atoms with E-state index in [-0.39, 0.29) is 30.2 Å². The number of anilines is 1. The molecule has 2 saturated heterocycles. The third-order valence-corrected chi connectivity index (χ3v) is 6.47. The van der Waals surface area contributed by atoms with Crippen molar-refractivity contribution in [3.63, 3.8) is 0 Å². The number of hydrogen-bond donors (Lipinski definition) is 1. The Balaban J connectivity index is 1.28. The molecule has 1 aromatic heterocycles. The maximum Gasteiger partial charge on any atom is 0.323 e. The Morgan fingerprint density at radius 2 is 1.93 bits per heavy atom. The smallest absolute Gasteiger partial charge is 0.323 e. The highest BCUT2D eigenvalue weighted by Gasteiger charge is 2.42. The molecule has 1 aromatic rings. The van der Waals surface area contributed by atoms with E-state index < -0.39 is 0 Å². The zero-order valence-electron chi connectivity index (χ0n) is 15.5. The van der Waals surface area contributed by atoms with Crippen LogP contribution in [0.1, 0.15) is 25.5 Å². The molecule has 0 spiro atoms. The van der Waals surface area contributed by atoms with Crippen molar-refractivity contribution >= 4 is 34.3 Å². The lowest BCUT2D eigenvalue weighted by molar-refractivity contribution is -0.140. The molecule has 2 atom stereocenters. The van der Waals surface area contributed by atoms with Crippen LogP contribution >= 0.6 is 11.3 Å². The molecule has 2 aliphatic heterocycles. The van der Waals surface area contributed by atoms with Gasteiger partial charge < -0.3 is 15.1 Å². The van der Waals surface area contributed by atoms with Gasteiger partial charge in [0.25, 0.3) is 0 Å². The molecule has 4 rings (SSSR count). The first kappa shape index (κ1) is 18.2. The molecular weight excluding hydrogens is 366 g/mol. The van der Waals surface area contributed by atoms with Crippen molar-refractivity contribution < 1.29 is 14.4 Å². The minimum Gasteiger partial charge on any atom is -0.339 e. The minimum atomic E-state index is -0.126. The Labute approximate surface area is 162 Å². The van der Waals surface area contributed by atoms with Crippen LogP contribution in [0.25, 0.3) is 0 Å². The molecule has 0 unspecified atom stereocenters. The van der Waals surface area contributed by atoms with Crippen molar-refractivity contribution in [3.05, 3.63) is 11.1 Å². The van der Waals surface area contributed by atoms with E-state index in [1.165, 1.54) is 11.3 Å². The number of nitrogens with zero attached hydrogens (tertiary/aromatic N) is 4. The van der Waals surface area contributed by atoms with Gasteiger partial charge in [-0.05, 0) is 18.8 Å². The number of nitrogens with one attached hydrogen (secondary N) is 1. The van der Waals surface area contributed by atoms with E-state index in [4.69, 9.17) is 0 Å². The molecule has 146 valence electrons. The SMILES string of the molecule is C[C@H]1C[C@@H]1C(=O)N1CCN(C(=O)Cc2csc(N3CCCNC3=O)n2)CC1. The van der Waals surface area contributed by atoms with Crippen molar-refractivity contribution in [2.45, 2.75) is 26.2 Å². The summed E-state index contributed by atoms with van der Waals surface area (Å²) < 4.78 is 0. The molecule has 3 fully saturated rings. The van der Waals surface area contributed by atoms with Crippen LogP contribution in [-0.4, -0.2) is 71.9 Å².